The number of aryl methyl sites for hydroxylation is 1. The molecular formula is C18H21BrN2O4. The normalized spacial score (nSPS) is 12.1. The summed E-state index contributed by atoms with van der Waals surface area (Å²) in [5, 5.41) is 2.87. The van der Waals surface area contributed by atoms with Gasteiger partial charge >= 0.3 is 5.97 Å². The molecule has 0 saturated carbocycles. The third kappa shape index (κ3) is 4.93. The van der Waals surface area contributed by atoms with E-state index in [0.717, 1.165) is 10.2 Å². The second kappa shape index (κ2) is 8.31. The molecule has 6 nitrogen and oxygen atoms in total. The number of furan rings is 1. The first kappa shape index (κ1) is 19.2. The largest absolute Gasteiger partial charge is 0.465 e. The SMILES string of the molecule is COC(=O)c1cc(CN(C)C(C)C(=O)Nc2ccc(Br)cc2)oc1C. The highest BCUT2D eigenvalue weighted by Crippen LogP contribution is 2.18. The molecule has 1 atom stereocenters. The number of anilines is 1. The van der Waals surface area contributed by atoms with Crippen LogP contribution in [0.5, 0.6) is 0 Å². The van der Waals surface area contributed by atoms with E-state index in [1.165, 1.54) is 7.11 Å². The molecule has 7 heteroatoms. The van der Waals surface area contributed by atoms with Crippen LogP contribution in [-0.4, -0.2) is 37.0 Å². The molecule has 0 saturated heterocycles. The molecule has 0 aliphatic heterocycles. The number of ether oxygens (including phenoxy) is 1. The first-order chi connectivity index (χ1) is 11.8. The van der Waals surface area contributed by atoms with E-state index in [-0.39, 0.29) is 11.9 Å². The van der Waals surface area contributed by atoms with Crippen molar-refractivity contribution in [1.82, 2.24) is 4.90 Å². The maximum Gasteiger partial charge on any atom is 0.341 e. The molecule has 0 radical (unpaired) electrons. The average molecular weight is 409 g/mol. The predicted octanol–water partition coefficient (Wildman–Crippen LogP) is 3.60. The smallest absolute Gasteiger partial charge is 0.341 e. The minimum absolute atomic E-state index is 0.124. The molecule has 0 aliphatic rings. The highest BCUT2D eigenvalue weighted by molar-refractivity contribution is 9.10. The fourth-order valence-electron chi connectivity index (χ4n) is 2.30. The van der Waals surface area contributed by atoms with Gasteiger partial charge in [-0.25, -0.2) is 4.79 Å². The van der Waals surface area contributed by atoms with E-state index in [4.69, 9.17) is 9.15 Å². The zero-order valence-electron chi connectivity index (χ0n) is 14.6. The molecule has 1 aromatic heterocycles. The lowest BCUT2D eigenvalue weighted by Gasteiger charge is -2.22. The van der Waals surface area contributed by atoms with E-state index in [1.54, 1.807) is 13.0 Å². The molecule has 134 valence electrons. The maximum absolute atomic E-state index is 12.4. The minimum atomic E-state index is -0.434. The van der Waals surface area contributed by atoms with Crippen LogP contribution < -0.4 is 5.32 Å². The Morgan fingerprint density at radius 3 is 2.56 bits per heavy atom. The van der Waals surface area contributed by atoms with Gasteiger partial charge in [-0.1, -0.05) is 15.9 Å². The fourth-order valence-corrected chi connectivity index (χ4v) is 2.56. The van der Waals surface area contributed by atoms with Gasteiger partial charge in [-0.15, -0.1) is 0 Å². The van der Waals surface area contributed by atoms with Gasteiger partial charge in [0.05, 0.1) is 19.7 Å². The van der Waals surface area contributed by atoms with Gasteiger partial charge < -0.3 is 14.5 Å². The molecule has 1 unspecified atom stereocenters. The van der Waals surface area contributed by atoms with E-state index in [0.29, 0.717) is 23.6 Å². The number of hydrogen-bond donors (Lipinski definition) is 1. The Balaban J connectivity index is 1.99. The number of esters is 1. The monoisotopic (exact) mass is 408 g/mol. The van der Waals surface area contributed by atoms with Crippen LogP contribution in [0.4, 0.5) is 5.69 Å². The number of halogens is 1. The Hall–Kier alpha value is -2.12. The van der Waals surface area contributed by atoms with Crippen molar-refractivity contribution in [3.05, 3.63) is 51.9 Å². The number of nitrogens with zero attached hydrogens (tertiary/aromatic N) is 1. The predicted molar refractivity (Wildman–Crippen MR) is 98.5 cm³/mol. The molecule has 1 aromatic carbocycles. The molecule has 1 N–H and O–H groups in total. The molecule has 1 heterocycles. The van der Waals surface area contributed by atoms with Crippen LogP contribution in [0.1, 0.15) is 28.8 Å². The van der Waals surface area contributed by atoms with Gasteiger partial charge in [-0.3, -0.25) is 9.69 Å². The number of carbonyl (C=O) groups excluding carboxylic acids is 2. The molecule has 0 fully saturated rings. The van der Waals surface area contributed by atoms with E-state index in [1.807, 2.05) is 43.1 Å². The van der Waals surface area contributed by atoms with Crippen LogP contribution in [0.2, 0.25) is 0 Å². The van der Waals surface area contributed by atoms with Gasteiger partial charge in [0.25, 0.3) is 0 Å². The molecule has 25 heavy (non-hydrogen) atoms. The number of amides is 1. The number of hydrogen-bond acceptors (Lipinski definition) is 5. The molecule has 0 bridgehead atoms. The van der Waals surface area contributed by atoms with Crippen molar-refractivity contribution in [2.24, 2.45) is 0 Å². The van der Waals surface area contributed by atoms with Crippen LogP contribution in [0.3, 0.4) is 0 Å². The molecule has 0 spiro atoms. The molecule has 0 aliphatic carbocycles. The molecule has 2 rings (SSSR count). The quantitative estimate of drug-likeness (QED) is 0.739. The fraction of sp³-hybridized carbons (Fsp3) is 0.333. The van der Waals surface area contributed by atoms with E-state index >= 15 is 0 Å². The summed E-state index contributed by atoms with van der Waals surface area (Å²) in [4.78, 5) is 25.9. The standard InChI is InChI=1S/C18H21BrN2O4/c1-11(17(22)20-14-7-5-13(19)6-8-14)21(3)10-15-9-16(12(2)25-15)18(23)24-4/h5-9,11H,10H2,1-4H3,(H,20,22). The summed E-state index contributed by atoms with van der Waals surface area (Å²) in [5.74, 6) is 0.545. The Bertz CT molecular complexity index is 755. The first-order valence-electron chi connectivity index (χ1n) is 7.76. The number of carbonyl (C=O) groups is 2. The summed E-state index contributed by atoms with van der Waals surface area (Å²) in [5.41, 5.74) is 1.13. The molecule has 2 aromatic rings. The van der Waals surface area contributed by atoms with Crippen LogP contribution in [-0.2, 0) is 16.1 Å². The molecular weight excluding hydrogens is 388 g/mol. The van der Waals surface area contributed by atoms with Crippen molar-refractivity contribution < 1.29 is 18.7 Å². The van der Waals surface area contributed by atoms with Gasteiger partial charge in [0.15, 0.2) is 0 Å². The minimum Gasteiger partial charge on any atom is -0.465 e. The molecule has 1 amide bonds. The lowest BCUT2D eigenvalue weighted by Crippen LogP contribution is -2.39. The second-order valence-corrected chi connectivity index (χ2v) is 6.68. The second-order valence-electron chi connectivity index (χ2n) is 5.76. The van der Waals surface area contributed by atoms with E-state index in [9.17, 15) is 9.59 Å². The summed E-state index contributed by atoms with van der Waals surface area (Å²) in [6, 6.07) is 8.65. The number of likely N-dealkylation sites (N-methyl/N-ethyl adjacent to an activating group) is 1. The first-order valence-corrected chi connectivity index (χ1v) is 8.55. The van der Waals surface area contributed by atoms with Gasteiger partial charge in [0, 0.05) is 10.2 Å². The van der Waals surface area contributed by atoms with Crippen molar-refractivity contribution in [1.29, 1.82) is 0 Å². The number of benzene rings is 1. The third-order valence-electron chi connectivity index (χ3n) is 3.93. The Morgan fingerprint density at radius 1 is 1.32 bits per heavy atom. The number of rotatable bonds is 6. The van der Waals surface area contributed by atoms with Crippen molar-refractivity contribution in [2.75, 3.05) is 19.5 Å². The zero-order valence-corrected chi connectivity index (χ0v) is 16.2. The number of nitrogens with one attached hydrogen (secondary N) is 1. The van der Waals surface area contributed by atoms with Crippen LogP contribution in [0, 0.1) is 6.92 Å². The van der Waals surface area contributed by atoms with Crippen LogP contribution >= 0.6 is 15.9 Å². The third-order valence-corrected chi connectivity index (χ3v) is 4.46. The van der Waals surface area contributed by atoms with Crippen molar-refractivity contribution in [3.63, 3.8) is 0 Å². The summed E-state index contributed by atoms with van der Waals surface area (Å²) in [6.07, 6.45) is 0. The lowest BCUT2D eigenvalue weighted by molar-refractivity contribution is -0.120. The van der Waals surface area contributed by atoms with Gasteiger partial charge in [0.1, 0.15) is 17.1 Å². The zero-order chi connectivity index (χ0) is 18.6. The number of methoxy groups -OCH3 is 1. The topological polar surface area (TPSA) is 71.8 Å². The Labute approximate surface area is 155 Å². The summed E-state index contributed by atoms with van der Waals surface area (Å²) >= 11 is 3.36. The highest BCUT2D eigenvalue weighted by atomic mass is 79.9. The van der Waals surface area contributed by atoms with Crippen LogP contribution in [0.25, 0.3) is 0 Å². The van der Waals surface area contributed by atoms with Crippen molar-refractivity contribution >= 4 is 33.5 Å². The van der Waals surface area contributed by atoms with Crippen LogP contribution in [0.15, 0.2) is 39.2 Å². The maximum atomic E-state index is 12.4. The summed E-state index contributed by atoms with van der Waals surface area (Å²) in [7, 11) is 3.15. The average Bonchev–Trinajstić information content (AvgIpc) is 2.95. The van der Waals surface area contributed by atoms with E-state index in [2.05, 4.69) is 21.2 Å². The van der Waals surface area contributed by atoms with Crippen molar-refractivity contribution in [2.45, 2.75) is 26.4 Å². The van der Waals surface area contributed by atoms with Crippen molar-refractivity contribution in [3.8, 4) is 0 Å². The Kier molecular flexibility index (Phi) is 6.39. The Morgan fingerprint density at radius 2 is 1.96 bits per heavy atom. The van der Waals surface area contributed by atoms with Gasteiger partial charge in [0.2, 0.25) is 5.91 Å². The van der Waals surface area contributed by atoms with Gasteiger partial charge in [-0.2, -0.15) is 0 Å². The lowest BCUT2D eigenvalue weighted by atomic mass is 10.2. The van der Waals surface area contributed by atoms with Gasteiger partial charge in [-0.05, 0) is 51.2 Å². The summed E-state index contributed by atoms with van der Waals surface area (Å²) < 4.78 is 11.3. The highest BCUT2D eigenvalue weighted by Gasteiger charge is 2.21. The van der Waals surface area contributed by atoms with E-state index < -0.39 is 5.97 Å². The summed E-state index contributed by atoms with van der Waals surface area (Å²) in [6.45, 7) is 3.91.